The molecule has 1 heterocycles. The zero-order chi connectivity index (χ0) is 25.6. The predicted molar refractivity (Wildman–Crippen MR) is 118 cm³/mol. The van der Waals surface area contributed by atoms with Gasteiger partial charge in [-0.05, 0) is 54.1 Å². The molecule has 188 valence electrons. The van der Waals surface area contributed by atoms with E-state index in [-0.39, 0.29) is 31.9 Å². The number of ether oxygens (including phenoxy) is 1. The van der Waals surface area contributed by atoms with E-state index in [1.54, 1.807) is 29.0 Å². The molecule has 5 nitrogen and oxygen atoms in total. The quantitative estimate of drug-likeness (QED) is 0.372. The van der Waals surface area contributed by atoms with Crippen LogP contribution in [0.1, 0.15) is 22.4 Å². The van der Waals surface area contributed by atoms with Crippen molar-refractivity contribution in [1.29, 1.82) is 0 Å². The molecule has 0 saturated carbocycles. The number of aromatic nitrogens is 1. The number of carbonyl (C=O) groups is 1. The van der Waals surface area contributed by atoms with Gasteiger partial charge in [-0.15, -0.1) is 0 Å². The zero-order valence-electron chi connectivity index (χ0n) is 18.7. The van der Waals surface area contributed by atoms with Gasteiger partial charge < -0.3 is 19.5 Å². The van der Waals surface area contributed by atoms with Crippen LogP contribution in [0.25, 0.3) is 0 Å². The Morgan fingerprint density at radius 2 is 1.63 bits per heavy atom. The Hall–Kier alpha value is -3.47. The standard InChI is InChI=1S/C24H23F6N3O2/c1-35-13-12-33(22(34)31-20-9-7-18(8-10-20)23(25,26)27)16-21-6-3-11-32(21)15-17-4-2-5-19(14-17)24(28,29)30/h2-11,14H,12-13,15-16H2,1H3,(H,31,34). The van der Waals surface area contributed by atoms with Gasteiger partial charge in [0.1, 0.15) is 0 Å². The molecule has 3 rings (SSSR count). The number of nitrogens with one attached hydrogen (secondary N) is 1. The van der Waals surface area contributed by atoms with Crippen LogP contribution in [0.5, 0.6) is 0 Å². The Kier molecular flexibility index (Phi) is 8.11. The summed E-state index contributed by atoms with van der Waals surface area (Å²) in [4.78, 5) is 14.3. The minimum atomic E-state index is -4.49. The number of amides is 2. The van der Waals surface area contributed by atoms with Crippen molar-refractivity contribution in [2.45, 2.75) is 25.4 Å². The first-order chi connectivity index (χ1) is 16.5. The minimum absolute atomic E-state index is 0.0990. The van der Waals surface area contributed by atoms with Gasteiger partial charge in [0, 0.05) is 37.8 Å². The van der Waals surface area contributed by atoms with Crippen molar-refractivity contribution < 1.29 is 35.9 Å². The van der Waals surface area contributed by atoms with Crippen molar-refractivity contribution in [3.8, 4) is 0 Å². The van der Waals surface area contributed by atoms with E-state index in [0.29, 0.717) is 11.3 Å². The maximum absolute atomic E-state index is 13.0. The number of halogens is 6. The Bertz CT molecular complexity index is 1120. The molecule has 1 aromatic heterocycles. The van der Waals surface area contributed by atoms with Crippen molar-refractivity contribution in [3.05, 3.63) is 89.2 Å². The molecule has 0 atom stereocenters. The lowest BCUT2D eigenvalue weighted by Crippen LogP contribution is -2.37. The van der Waals surface area contributed by atoms with Crippen molar-refractivity contribution in [1.82, 2.24) is 9.47 Å². The minimum Gasteiger partial charge on any atom is -0.383 e. The number of anilines is 1. The number of carbonyl (C=O) groups excluding carboxylic acids is 1. The summed E-state index contributed by atoms with van der Waals surface area (Å²) in [6, 6.07) is 11.9. The van der Waals surface area contributed by atoms with Crippen LogP contribution >= 0.6 is 0 Å². The van der Waals surface area contributed by atoms with E-state index in [1.165, 1.54) is 18.1 Å². The molecule has 0 saturated heterocycles. The summed E-state index contributed by atoms with van der Waals surface area (Å²) >= 11 is 0. The second kappa shape index (κ2) is 10.9. The number of methoxy groups -OCH3 is 1. The third-order valence-electron chi connectivity index (χ3n) is 5.20. The second-order valence-electron chi connectivity index (χ2n) is 7.75. The predicted octanol–water partition coefficient (Wildman–Crippen LogP) is 6.25. The summed E-state index contributed by atoms with van der Waals surface area (Å²) in [6.45, 7) is 0.638. The number of rotatable bonds is 8. The van der Waals surface area contributed by atoms with E-state index >= 15 is 0 Å². The van der Waals surface area contributed by atoms with Gasteiger partial charge in [0.2, 0.25) is 0 Å². The number of nitrogens with zero attached hydrogens (tertiary/aromatic N) is 2. The molecule has 0 fully saturated rings. The van der Waals surface area contributed by atoms with Gasteiger partial charge >= 0.3 is 18.4 Å². The van der Waals surface area contributed by atoms with Crippen LogP contribution in [-0.4, -0.2) is 35.8 Å². The monoisotopic (exact) mass is 499 g/mol. The fourth-order valence-corrected chi connectivity index (χ4v) is 3.38. The lowest BCUT2D eigenvalue weighted by Gasteiger charge is -2.24. The van der Waals surface area contributed by atoms with Crippen molar-refractivity contribution >= 4 is 11.7 Å². The van der Waals surface area contributed by atoms with Gasteiger partial charge in [-0.2, -0.15) is 26.3 Å². The van der Waals surface area contributed by atoms with E-state index in [1.807, 2.05) is 0 Å². The molecule has 11 heteroatoms. The maximum Gasteiger partial charge on any atom is 0.416 e. The molecule has 0 radical (unpaired) electrons. The summed E-state index contributed by atoms with van der Waals surface area (Å²) < 4.78 is 84.2. The van der Waals surface area contributed by atoms with Crippen LogP contribution < -0.4 is 5.32 Å². The van der Waals surface area contributed by atoms with Crippen LogP contribution in [0.3, 0.4) is 0 Å². The molecular weight excluding hydrogens is 476 g/mol. The van der Waals surface area contributed by atoms with E-state index in [4.69, 9.17) is 4.74 Å². The molecule has 0 bridgehead atoms. The highest BCUT2D eigenvalue weighted by atomic mass is 19.4. The van der Waals surface area contributed by atoms with E-state index < -0.39 is 29.5 Å². The highest BCUT2D eigenvalue weighted by Gasteiger charge is 2.31. The molecule has 0 aliphatic carbocycles. The van der Waals surface area contributed by atoms with E-state index in [0.717, 1.165) is 36.4 Å². The van der Waals surface area contributed by atoms with Crippen LogP contribution in [0.15, 0.2) is 66.9 Å². The number of hydrogen-bond acceptors (Lipinski definition) is 2. The molecule has 2 amide bonds. The van der Waals surface area contributed by atoms with Crippen LogP contribution in [-0.2, 0) is 30.2 Å². The normalized spacial score (nSPS) is 12.0. The van der Waals surface area contributed by atoms with Crippen LogP contribution in [0.4, 0.5) is 36.8 Å². The Balaban J connectivity index is 1.74. The second-order valence-corrected chi connectivity index (χ2v) is 7.75. The topological polar surface area (TPSA) is 46.5 Å². The van der Waals surface area contributed by atoms with Gasteiger partial charge in [0.05, 0.1) is 24.3 Å². The Morgan fingerprint density at radius 1 is 0.943 bits per heavy atom. The zero-order valence-corrected chi connectivity index (χ0v) is 18.7. The molecule has 1 N–H and O–H groups in total. The van der Waals surface area contributed by atoms with Crippen molar-refractivity contribution in [2.75, 3.05) is 25.6 Å². The fraction of sp³-hybridized carbons (Fsp3) is 0.292. The Labute approximate surface area is 197 Å². The summed E-state index contributed by atoms with van der Waals surface area (Å²) in [6.07, 6.45) is -7.25. The molecule has 0 aliphatic heterocycles. The van der Waals surface area contributed by atoms with Crippen LogP contribution in [0, 0.1) is 0 Å². The summed E-state index contributed by atoms with van der Waals surface area (Å²) in [5, 5.41) is 2.57. The van der Waals surface area contributed by atoms with Crippen LogP contribution in [0.2, 0.25) is 0 Å². The third kappa shape index (κ3) is 7.25. The molecule has 3 aromatic rings. The highest BCUT2D eigenvalue weighted by molar-refractivity contribution is 5.89. The average Bonchev–Trinajstić information content (AvgIpc) is 3.22. The number of urea groups is 1. The lowest BCUT2D eigenvalue weighted by molar-refractivity contribution is -0.138. The molecule has 2 aromatic carbocycles. The highest BCUT2D eigenvalue weighted by Crippen LogP contribution is 2.31. The van der Waals surface area contributed by atoms with E-state index in [2.05, 4.69) is 5.32 Å². The summed E-state index contributed by atoms with van der Waals surface area (Å²) in [7, 11) is 1.46. The largest absolute Gasteiger partial charge is 0.416 e. The van der Waals surface area contributed by atoms with Gasteiger partial charge in [0.15, 0.2) is 0 Å². The maximum atomic E-state index is 13.0. The summed E-state index contributed by atoms with van der Waals surface area (Å²) in [5.74, 6) is 0. The van der Waals surface area contributed by atoms with Gasteiger partial charge in [-0.1, -0.05) is 12.1 Å². The first-order valence-corrected chi connectivity index (χ1v) is 10.5. The SMILES string of the molecule is COCCN(Cc1cccn1Cc1cccc(C(F)(F)F)c1)C(=O)Nc1ccc(C(F)(F)F)cc1. The smallest absolute Gasteiger partial charge is 0.383 e. The number of benzene rings is 2. The first-order valence-electron chi connectivity index (χ1n) is 10.5. The molecule has 0 unspecified atom stereocenters. The van der Waals surface area contributed by atoms with Crippen molar-refractivity contribution in [2.24, 2.45) is 0 Å². The molecular formula is C24H23F6N3O2. The molecule has 0 spiro atoms. The van der Waals surface area contributed by atoms with Gasteiger partial charge in [-0.3, -0.25) is 0 Å². The van der Waals surface area contributed by atoms with Gasteiger partial charge in [0.25, 0.3) is 0 Å². The lowest BCUT2D eigenvalue weighted by atomic mass is 10.1. The number of hydrogen-bond donors (Lipinski definition) is 1. The molecule has 35 heavy (non-hydrogen) atoms. The summed E-state index contributed by atoms with van der Waals surface area (Å²) in [5.41, 5.74) is -0.304. The van der Waals surface area contributed by atoms with E-state index in [9.17, 15) is 31.1 Å². The van der Waals surface area contributed by atoms with Gasteiger partial charge in [-0.25, -0.2) is 4.79 Å². The first kappa shape index (κ1) is 26.1. The average molecular weight is 499 g/mol. The fourth-order valence-electron chi connectivity index (χ4n) is 3.38. The number of alkyl halides is 6. The Morgan fingerprint density at radius 3 is 2.26 bits per heavy atom. The third-order valence-corrected chi connectivity index (χ3v) is 5.20. The van der Waals surface area contributed by atoms with Crippen molar-refractivity contribution in [3.63, 3.8) is 0 Å². The molecule has 0 aliphatic rings.